The number of piperidine rings is 1. The third-order valence-corrected chi connectivity index (χ3v) is 5.30. The van der Waals surface area contributed by atoms with Crippen molar-refractivity contribution in [1.82, 2.24) is 15.2 Å². The Morgan fingerprint density at radius 2 is 2.18 bits per heavy atom. The molecule has 1 aromatic rings. The number of carbonyl (C=O) groups excluding carboxylic acids is 2. The van der Waals surface area contributed by atoms with Crippen LogP contribution in [0, 0.1) is 12.8 Å². The minimum atomic E-state index is -0.522. The van der Waals surface area contributed by atoms with Crippen LogP contribution in [0.25, 0.3) is 0 Å². The Morgan fingerprint density at radius 1 is 1.43 bits per heavy atom. The summed E-state index contributed by atoms with van der Waals surface area (Å²) < 4.78 is 16.2. The second-order valence-corrected chi connectivity index (χ2v) is 8.76. The van der Waals surface area contributed by atoms with Crippen LogP contribution < -0.4 is 5.32 Å². The third-order valence-electron chi connectivity index (χ3n) is 4.27. The molecule has 8 nitrogen and oxygen atoms in total. The molecule has 0 radical (unpaired) electrons. The Labute approximate surface area is 170 Å². The summed E-state index contributed by atoms with van der Waals surface area (Å²) in [5, 5.41) is 5.50. The zero-order valence-corrected chi connectivity index (χ0v) is 18.1. The number of amides is 2. The van der Waals surface area contributed by atoms with Crippen molar-refractivity contribution in [2.45, 2.75) is 52.2 Å². The number of likely N-dealkylation sites (tertiary alicyclic amines) is 1. The highest BCUT2D eigenvalue weighted by Crippen LogP contribution is 2.34. The van der Waals surface area contributed by atoms with Crippen LogP contribution in [0.3, 0.4) is 0 Å². The van der Waals surface area contributed by atoms with E-state index in [9.17, 15) is 9.59 Å². The van der Waals surface area contributed by atoms with E-state index in [-0.39, 0.29) is 18.1 Å². The van der Waals surface area contributed by atoms with Crippen molar-refractivity contribution in [3.63, 3.8) is 0 Å². The summed E-state index contributed by atoms with van der Waals surface area (Å²) in [6.07, 6.45) is 0.808. The van der Waals surface area contributed by atoms with Gasteiger partial charge in [-0.2, -0.15) is 0 Å². The molecule has 1 N–H and O–H groups in total. The Hall–Kier alpha value is -1.87. The molecule has 0 aromatic carbocycles. The standard InChI is InChI=1S/C19H31N3O5S/c1-13-12-28-16(21-13)15(26-10-8-20-17(23)25-5)14-7-6-9-22(11-14)18(24)27-19(2,3)4/h12,14-15H,6-11H2,1-5H3,(H,20,23). The molecule has 1 aromatic heterocycles. The molecule has 2 atom stereocenters. The van der Waals surface area contributed by atoms with Gasteiger partial charge in [-0.15, -0.1) is 11.3 Å². The highest BCUT2D eigenvalue weighted by Gasteiger charge is 2.34. The van der Waals surface area contributed by atoms with Gasteiger partial charge in [0, 0.05) is 36.6 Å². The van der Waals surface area contributed by atoms with E-state index in [1.54, 1.807) is 16.2 Å². The normalized spacial score (nSPS) is 18.5. The molecule has 2 unspecified atom stereocenters. The lowest BCUT2D eigenvalue weighted by atomic mass is 9.92. The maximum Gasteiger partial charge on any atom is 0.410 e. The van der Waals surface area contributed by atoms with Crippen LogP contribution in [0.4, 0.5) is 9.59 Å². The van der Waals surface area contributed by atoms with Crippen LogP contribution in [0.15, 0.2) is 5.38 Å². The molecule has 1 saturated heterocycles. The number of carbonyl (C=O) groups is 2. The Morgan fingerprint density at radius 3 is 2.79 bits per heavy atom. The van der Waals surface area contributed by atoms with Crippen molar-refractivity contribution >= 4 is 23.5 Å². The van der Waals surface area contributed by atoms with E-state index >= 15 is 0 Å². The van der Waals surface area contributed by atoms with Gasteiger partial charge >= 0.3 is 12.2 Å². The number of ether oxygens (including phenoxy) is 3. The smallest absolute Gasteiger partial charge is 0.410 e. The molecule has 28 heavy (non-hydrogen) atoms. The minimum Gasteiger partial charge on any atom is -0.453 e. The summed E-state index contributed by atoms with van der Waals surface area (Å²) in [4.78, 5) is 30.0. The van der Waals surface area contributed by atoms with E-state index in [1.165, 1.54) is 7.11 Å². The van der Waals surface area contributed by atoms with Gasteiger partial charge in [0.2, 0.25) is 0 Å². The van der Waals surface area contributed by atoms with Gasteiger partial charge in [-0.25, -0.2) is 14.6 Å². The number of methoxy groups -OCH3 is 1. The summed E-state index contributed by atoms with van der Waals surface area (Å²) in [5.41, 5.74) is 0.424. The summed E-state index contributed by atoms with van der Waals surface area (Å²) >= 11 is 1.56. The molecule has 1 aliphatic rings. The molecular weight excluding hydrogens is 382 g/mol. The zero-order chi connectivity index (χ0) is 20.7. The van der Waals surface area contributed by atoms with E-state index in [0.29, 0.717) is 26.2 Å². The zero-order valence-electron chi connectivity index (χ0n) is 17.3. The summed E-state index contributed by atoms with van der Waals surface area (Å²) in [6, 6.07) is 0. The van der Waals surface area contributed by atoms with Crippen molar-refractivity contribution in [2.24, 2.45) is 5.92 Å². The number of rotatable bonds is 6. The van der Waals surface area contributed by atoms with Gasteiger partial charge in [0.05, 0.1) is 13.7 Å². The number of hydrogen-bond acceptors (Lipinski definition) is 7. The number of nitrogens with zero attached hydrogens (tertiary/aromatic N) is 2. The number of thiazole rings is 1. The lowest BCUT2D eigenvalue weighted by Crippen LogP contribution is -2.44. The Balaban J connectivity index is 2.02. The van der Waals surface area contributed by atoms with Gasteiger partial charge in [0.25, 0.3) is 0 Å². The number of aromatic nitrogens is 1. The molecule has 0 spiro atoms. The fraction of sp³-hybridized carbons (Fsp3) is 0.737. The van der Waals surface area contributed by atoms with Gasteiger partial charge in [-0.05, 0) is 40.5 Å². The SMILES string of the molecule is COC(=O)NCCOC(c1nc(C)cs1)C1CCCN(C(=O)OC(C)(C)C)C1. The van der Waals surface area contributed by atoms with E-state index in [1.807, 2.05) is 33.1 Å². The summed E-state index contributed by atoms with van der Waals surface area (Å²) in [7, 11) is 1.32. The fourth-order valence-electron chi connectivity index (χ4n) is 3.07. The minimum absolute atomic E-state index is 0.116. The van der Waals surface area contributed by atoms with Gasteiger partial charge < -0.3 is 24.4 Å². The van der Waals surface area contributed by atoms with E-state index < -0.39 is 11.7 Å². The fourth-order valence-corrected chi connectivity index (χ4v) is 4.01. The maximum absolute atomic E-state index is 12.5. The van der Waals surface area contributed by atoms with Gasteiger partial charge in [-0.3, -0.25) is 0 Å². The van der Waals surface area contributed by atoms with Crippen molar-refractivity contribution in [3.8, 4) is 0 Å². The third kappa shape index (κ3) is 6.94. The molecule has 0 bridgehead atoms. The molecule has 2 rings (SSSR count). The highest BCUT2D eigenvalue weighted by molar-refractivity contribution is 7.09. The molecule has 1 fully saturated rings. The topological polar surface area (TPSA) is 90.0 Å². The van der Waals surface area contributed by atoms with E-state index in [2.05, 4.69) is 15.0 Å². The summed E-state index contributed by atoms with van der Waals surface area (Å²) in [6.45, 7) is 9.46. The molecule has 2 amide bonds. The van der Waals surface area contributed by atoms with Crippen molar-refractivity contribution in [2.75, 3.05) is 33.4 Å². The molecule has 1 aliphatic heterocycles. The van der Waals surface area contributed by atoms with Crippen LogP contribution in [0.5, 0.6) is 0 Å². The lowest BCUT2D eigenvalue weighted by Gasteiger charge is -2.36. The monoisotopic (exact) mass is 413 g/mol. The first kappa shape index (κ1) is 22.4. The Bertz CT molecular complexity index is 658. The van der Waals surface area contributed by atoms with E-state index in [0.717, 1.165) is 23.5 Å². The Kier molecular flexibility index (Phi) is 8.06. The maximum atomic E-state index is 12.5. The first-order valence-electron chi connectivity index (χ1n) is 9.53. The summed E-state index contributed by atoms with van der Waals surface area (Å²) in [5.74, 6) is 0.116. The number of nitrogens with one attached hydrogen (secondary N) is 1. The van der Waals surface area contributed by atoms with Crippen LogP contribution in [0.2, 0.25) is 0 Å². The molecule has 158 valence electrons. The average Bonchev–Trinajstić information content (AvgIpc) is 3.06. The van der Waals surface area contributed by atoms with Gasteiger partial charge in [0.15, 0.2) is 0 Å². The van der Waals surface area contributed by atoms with Crippen LogP contribution in [-0.2, 0) is 14.2 Å². The molecule has 0 saturated carbocycles. The second kappa shape index (κ2) is 10.1. The highest BCUT2D eigenvalue weighted by atomic mass is 32.1. The van der Waals surface area contributed by atoms with Gasteiger partial charge in [-0.1, -0.05) is 0 Å². The van der Waals surface area contributed by atoms with E-state index in [4.69, 9.17) is 9.47 Å². The first-order chi connectivity index (χ1) is 13.2. The van der Waals surface area contributed by atoms with Gasteiger partial charge in [0.1, 0.15) is 16.7 Å². The number of alkyl carbamates (subject to hydrolysis) is 1. The number of hydrogen-bond donors (Lipinski definition) is 1. The lowest BCUT2D eigenvalue weighted by molar-refractivity contribution is -0.0246. The van der Waals surface area contributed by atoms with Crippen molar-refractivity contribution in [1.29, 1.82) is 0 Å². The van der Waals surface area contributed by atoms with Crippen molar-refractivity contribution < 1.29 is 23.8 Å². The second-order valence-electron chi connectivity index (χ2n) is 7.87. The molecular formula is C19H31N3O5S. The van der Waals surface area contributed by atoms with Crippen LogP contribution in [0.1, 0.15) is 50.4 Å². The molecule has 9 heteroatoms. The van der Waals surface area contributed by atoms with Crippen LogP contribution >= 0.6 is 11.3 Å². The quantitative estimate of drug-likeness (QED) is 0.718. The predicted octanol–water partition coefficient (Wildman–Crippen LogP) is 3.51. The largest absolute Gasteiger partial charge is 0.453 e. The average molecular weight is 414 g/mol. The predicted molar refractivity (Wildman–Crippen MR) is 106 cm³/mol. The molecule has 0 aliphatic carbocycles. The van der Waals surface area contributed by atoms with Crippen molar-refractivity contribution in [3.05, 3.63) is 16.1 Å². The van der Waals surface area contributed by atoms with Crippen LogP contribution in [-0.4, -0.2) is 61.0 Å². The first-order valence-corrected chi connectivity index (χ1v) is 10.4. The number of aryl methyl sites for hydroxylation is 1. The molecule has 2 heterocycles.